The molecule has 8 heteroatoms. The second-order valence-corrected chi connectivity index (χ2v) is 4.90. The number of anilines is 1. The van der Waals surface area contributed by atoms with Gasteiger partial charge in [-0.15, -0.1) is 0 Å². The van der Waals surface area contributed by atoms with Crippen LogP contribution in [0.5, 0.6) is 0 Å². The molecule has 0 bridgehead atoms. The molecular formula is C13H16FN3O4. The number of ether oxygens (including phenoxy) is 1. The number of hydrogen-bond acceptors (Lipinski definition) is 5. The first-order valence-electron chi connectivity index (χ1n) is 6.55. The van der Waals surface area contributed by atoms with E-state index < -0.39 is 33.6 Å². The molecule has 1 heterocycles. The summed E-state index contributed by atoms with van der Waals surface area (Å²) in [6.07, 6.45) is 0.437. The van der Waals surface area contributed by atoms with Gasteiger partial charge in [-0.2, -0.15) is 0 Å². The van der Waals surface area contributed by atoms with Crippen LogP contribution in [0.2, 0.25) is 0 Å². The van der Waals surface area contributed by atoms with Crippen LogP contribution in [-0.4, -0.2) is 41.5 Å². The molecule has 1 aliphatic heterocycles. The van der Waals surface area contributed by atoms with Crippen LogP contribution in [0, 0.1) is 15.9 Å². The molecule has 1 amide bonds. The molecular weight excluding hydrogens is 281 g/mol. The third-order valence-electron chi connectivity index (χ3n) is 3.32. The fraction of sp³-hybridized carbons (Fsp3) is 0.462. The van der Waals surface area contributed by atoms with E-state index in [1.165, 1.54) is 4.90 Å². The third-order valence-corrected chi connectivity index (χ3v) is 3.32. The van der Waals surface area contributed by atoms with Gasteiger partial charge in [-0.05, 0) is 19.4 Å². The topological polar surface area (TPSA) is 98.7 Å². The van der Waals surface area contributed by atoms with Crippen LogP contribution in [-0.2, 0) is 4.74 Å². The minimum absolute atomic E-state index is 0.181. The van der Waals surface area contributed by atoms with Gasteiger partial charge >= 0.3 is 0 Å². The first-order valence-corrected chi connectivity index (χ1v) is 6.55. The predicted octanol–water partition coefficient (Wildman–Crippen LogP) is 1.57. The molecule has 1 unspecified atom stereocenters. The van der Waals surface area contributed by atoms with E-state index in [4.69, 9.17) is 10.5 Å². The smallest absolute Gasteiger partial charge is 0.293 e. The Bertz CT molecular complexity index is 579. The molecule has 0 radical (unpaired) electrons. The average Bonchev–Trinajstić information content (AvgIpc) is 2.62. The summed E-state index contributed by atoms with van der Waals surface area (Å²) >= 11 is 0. The Balaban J connectivity index is 2.38. The van der Waals surface area contributed by atoms with Crippen molar-refractivity contribution in [3.8, 4) is 0 Å². The van der Waals surface area contributed by atoms with Crippen molar-refractivity contribution in [3.05, 3.63) is 33.6 Å². The fourth-order valence-electron chi connectivity index (χ4n) is 2.30. The zero-order chi connectivity index (χ0) is 15.6. The molecule has 1 atom stereocenters. The molecule has 1 aliphatic rings. The van der Waals surface area contributed by atoms with Crippen LogP contribution in [0.1, 0.15) is 23.7 Å². The van der Waals surface area contributed by atoms with Crippen LogP contribution in [0.3, 0.4) is 0 Å². The minimum Gasteiger partial charge on any atom is -0.392 e. The molecule has 21 heavy (non-hydrogen) atoms. The highest BCUT2D eigenvalue weighted by molar-refractivity contribution is 6.01. The maximum absolute atomic E-state index is 13.9. The summed E-state index contributed by atoms with van der Waals surface area (Å²) in [4.78, 5) is 24.0. The number of carbonyl (C=O) groups excluding carboxylic acids is 1. The van der Waals surface area contributed by atoms with Crippen molar-refractivity contribution in [1.29, 1.82) is 0 Å². The zero-order valence-electron chi connectivity index (χ0n) is 11.5. The van der Waals surface area contributed by atoms with Gasteiger partial charge in [0.05, 0.1) is 11.0 Å². The number of nitrogens with two attached hydrogens (primary N) is 1. The van der Waals surface area contributed by atoms with Crippen LogP contribution in [0.15, 0.2) is 12.1 Å². The lowest BCUT2D eigenvalue weighted by Crippen LogP contribution is -2.36. The molecule has 0 aliphatic carbocycles. The zero-order valence-corrected chi connectivity index (χ0v) is 11.5. The number of halogens is 1. The molecule has 0 saturated carbocycles. The molecule has 0 aromatic heterocycles. The molecule has 1 fully saturated rings. The number of nitrogens with zero attached hydrogens (tertiary/aromatic N) is 2. The van der Waals surface area contributed by atoms with Crippen molar-refractivity contribution in [2.24, 2.45) is 0 Å². The third kappa shape index (κ3) is 3.10. The highest BCUT2D eigenvalue weighted by Crippen LogP contribution is 2.28. The van der Waals surface area contributed by atoms with Gasteiger partial charge in [-0.3, -0.25) is 14.9 Å². The number of carbonyl (C=O) groups is 1. The van der Waals surface area contributed by atoms with E-state index in [1.54, 1.807) is 6.92 Å². The van der Waals surface area contributed by atoms with E-state index in [1.807, 2.05) is 0 Å². The van der Waals surface area contributed by atoms with Crippen molar-refractivity contribution < 1.29 is 18.8 Å². The molecule has 1 aromatic rings. The Morgan fingerprint density at radius 1 is 1.57 bits per heavy atom. The number of hydrogen-bond donors (Lipinski definition) is 1. The van der Waals surface area contributed by atoms with Gasteiger partial charge in [0.2, 0.25) is 0 Å². The number of nitrogen functional groups attached to an aromatic ring is 1. The van der Waals surface area contributed by atoms with Crippen LogP contribution >= 0.6 is 0 Å². The van der Waals surface area contributed by atoms with Crippen LogP contribution in [0.4, 0.5) is 15.8 Å². The second-order valence-electron chi connectivity index (χ2n) is 4.90. The molecule has 2 N–H and O–H groups in total. The minimum atomic E-state index is -0.860. The van der Waals surface area contributed by atoms with Gasteiger partial charge in [-0.25, -0.2) is 4.39 Å². The largest absolute Gasteiger partial charge is 0.392 e. The maximum Gasteiger partial charge on any atom is 0.293 e. The summed E-state index contributed by atoms with van der Waals surface area (Å²) in [6, 6.07) is 1.84. The van der Waals surface area contributed by atoms with Gasteiger partial charge in [-0.1, -0.05) is 0 Å². The average molecular weight is 297 g/mol. The summed E-state index contributed by atoms with van der Waals surface area (Å²) in [7, 11) is 0. The summed E-state index contributed by atoms with van der Waals surface area (Å²) in [5.74, 6) is -1.51. The molecule has 7 nitrogen and oxygen atoms in total. The Morgan fingerprint density at radius 3 is 2.95 bits per heavy atom. The van der Waals surface area contributed by atoms with Crippen molar-refractivity contribution in [2.45, 2.75) is 19.4 Å². The summed E-state index contributed by atoms with van der Waals surface area (Å²) in [5.41, 5.74) is 4.24. The summed E-state index contributed by atoms with van der Waals surface area (Å²) in [5, 5.41) is 10.8. The number of nitro benzene ring substituents is 1. The predicted molar refractivity (Wildman–Crippen MR) is 73.4 cm³/mol. The van der Waals surface area contributed by atoms with Crippen molar-refractivity contribution in [2.75, 3.05) is 25.4 Å². The molecule has 0 spiro atoms. The lowest BCUT2D eigenvalue weighted by molar-refractivity contribution is -0.384. The Kier molecular flexibility index (Phi) is 4.37. The van der Waals surface area contributed by atoms with E-state index in [-0.39, 0.29) is 6.10 Å². The van der Waals surface area contributed by atoms with Gasteiger partial charge < -0.3 is 15.4 Å². The van der Waals surface area contributed by atoms with E-state index in [0.717, 1.165) is 12.1 Å². The Labute approximate surface area is 120 Å². The Morgan fingerprint density at radius 2 is 2.29 bits per heavy atom. The first-order chi connectivity index (χ1) is 9.91. The van der Waals surface area contributed by atoms with Crippen LogP contribution < -0.4 is 5.73 Å². The number of rotatable bonds is 2. The molecule has 1 saturated heterocycles. The Hall–Kier alpha value is -2.22. The number of benzene rings is 1. The standard InChI is InChI=1S/C13H16FN3O4/c1-8-7-16(5-2-6-21-8)13(18)11-9(14)3-4-10(12(11)15)17(19)20/h3-4,8H,2,5-7,15H2,1H3. The van der Waals surface area contributed by atoms with Crippen molar-refractivity contribution >= 4 is 17.3 Å². The first kappa shape index (κ1) is 15.2. The van der Waals surface area contributed by atoms with Crippen molar-refractivity contribution in [1.82, 2.24) is 4.90 Å². The molecule has 1 aromatic carbocycles. The highest BCUT2D eigenvalue weighted by atomic mass is 19.1. The van der Waals surface area contributed by atoms with E-state index >= 15 is 0 Å². The SMILES string of the molecule is CC1CN(C(=O)c2c(F)ccc([N+](=O)[O-])c2N)CCCO1. The maximum atomic E-state index is 13.9. The highest BCUT2D eigenvalue weighted by Gasteiger charge is 2.28. The van der Waals surface area contributed by atoms with Gasteiger partial charge in [0.15, 0.2) is 0 Å². The lowest BCUT2D eigenvalue weighted by Gasteiger charge is -2.23. The molecule has 114 valence electrons. The fourth-order valence-corrected chi connectivity index (χ4v) is 2.30. The summed E-state index contributed by atoms with van der Waals surface area (Å²) in [6.45, 7) is 3.00. The summed E-state index contributed by atoms with van der Waals surface area (Å²) < 4.78 is 19.3. The van der Waals surface area contributed by atoms with E-state index in [2.05, 4.69) is 0 Å². The lowest BCUT2D eigenvalue weighted by atomic mass is 10.1. The van der Waals surface area contributed by atoms with Crippen molar-refractivity contribution in [3.63, 3.8) is 0 Å². The molecule has 2 rings (SSSR count). The normalized spacial score (nSPS) is 19.1. The van der Waals surface area contributed by atoms with Gasteiger partial charge in [0, 0.05) is 25.8 Å². The van der Waals surface area contributed by atoms with E-state index in [9.17, 15) is 19.3 Å². The quantitative estimate of drug-likeness (QED) is 0.507. The monoisotopic (exact) mass is 297 g/mol. The number of nitro groups is 1. The van der Waals surface area contributed by atoms with Crippen LogP contribution in [0.25, 0.3) is 0 Å². The second kappa shape index (κ2) is 6.04. The van der Waals surface area contributed by atoms with Gasteiger partial charge in [0.25, 0.3) is 11.6 Å². The van der Waals surface area contributed by atoms with E-state index in [0.29, 0.717) is 26.1 Å². The van der Waals surface area contributed by atoms with Gasteiger partial charge in [0.1, 0.15) is 17.1 Å². The number of amides is 1.